The highest BCUT2D eigenvalue weighted by Crippen LogP contribution is 2.19. The molecule has 0 aromatic heterocycles. The van der Waals surface area contributed by atoms with E-state index in [2.05, 4.69) is 39.9 Å². The fourth-order valence-electron chi connectivity index (χ4n) is 2.94. The fraction of sp³-hybridized carbons (Fsp3) is 1.00. The highest BCUT2D eigenvalue weighted by molar-refractivity contribution is 6.60. The zero-order valence-corrected chi connectivity index (χ0v) is 23.1. The van der Waals surface area contributed by atoms with E-state index in [0.717, 1.165) is 90.7 Å². The minimum absolute atomic E-state index is 0.0960. The molecule has 0 aliphatic heterocycles. The molecule has 0 atom stereocenters. The predicted molar refractivity (Wildman–Crippen MR) is 131 cm³/mol. The lowest BCUT2D eigenvalue weighted by molar-refractivity contribution is -0.0904. The lowest BCUT2D eigenvalue weighted by atomic mass is 10.4. The van der Waals surface area contributed by atoms with Crippen LogP contribution in [0, 0.1) is 0 Å². The predicted octanol–water partition coefficient (Wildman–Crippen LogP) is 4.30. The molecule has 0 aromatic carbocycles. The van der Waals surface area contributed by atoms with Gasteiger partial charge in [0.25, 0.3) is 0 Å². The summed E-state index contributed by atoms with van der Waals surface area (Å²) in [6, 6.07) is 2.15. The van der Waals surface area contributed by atoms with E-state index in [1.54, 1.807) is 0 Å². The molecule has 1 N–H and O–H groups in total. The molecule has 0 aliphatic carbocycles. The molecule has 0 aromatic rings. The summed E-state index contributed by atoms with van der Waals surface area (Å²) in [6.45, 7) is 16.5. The van der Waals surface area contributed by atoms with Crippen LogP contribution in [0.1, 0.15) is 79.6 Å². The fourth-order valence-corrected chi connectivity index (χ4v) is 7.32. The zero-order valence-electron chi connectivity index (χ0n) is 20.6. The summed E-state index contributed by atoms with van der Waals surface area (Å²) in [6.07, 6.45) is 7.31. The average Bonchev–Trinajstić information content (AvgIpc) is 2.77. The largest absolute Gasteiger partial charge is 0.501 e. The molecule has 0 radical (unpaired) electrons. The summed E-state index contributed by atoms with van der Waals surface area (Å²) >= 11 is 0. The Morgan fingerprint density at radius 2 is 1.13 bits per heavy atom. The quantitative estimate of drug-likeness (QED) is 0.130. The minimum atomic E-state index is -2.54. The van der Waals surface area contributed by atoms with Crippen molar-refractivity contribution in [2.45, 2.75) is 97.6 Å². The summed E-state index contributed by atoms with van der Waals surface area (Å²) in [5.74, 6) is 0.0960. The smallest absolute Gasteiger partial charge is 0.373 e. The third-order valence-electron chi connectivity index (χ3n) is 4.47. The first-order valence-electron chi connectivity index (χ1n) is 12.5. The molecule has 0 unspecified atom stereocenters. The van der Waals surface area contributed by atoms with Crippen molar-refractivity contribution in [1.82, 2.24) is 5.32 Å². The number of hydrogen-bond acceptors (Lipinski definition) is 6. The third kappa shape index (κ3) is 16.8. The molecule has 0 saturated heterocycles. The SMILES string of the molecule is CCCOC(OCCC)[SiH2]CCCNCCC[Si](OCCC)(OCCC)OCCC. The molecule has 0 rings (SSSR count). The second kappa shape index (κ2) is 22.4. The van der Waals surface area contributed by atoms with Gasteiger partial charge < -0.3 is 28.1 Å². The Kier molecular flexibility index (Phi) is 22.5. The normalized spacial score (nSPS) is 12.6. The Labute approximate surface area is 190 Å². The topological polar surface area (TPSA) is 58.2 Å². The van der Waals surface area contributed by atoms with E-state index in [0.29, 0.717) is 0 Å². The summed E-state index contributed by atoms with van der Waals surface area (Å²) in [4.78, 5) is 0. The van der Waals surface area contributed by atoms with Crippen molar-refractivity contribution < 1.29 is 22.8 Å². The van der Waals surface area contributed by atoms with E-state index < -0.39 is 8.80 Å². The van der Waals surface area contributed by atoms with Crippen LogP contribution in [-0.4, -0.2) is 70.4 Å². The van der Waals surface area contributed by atoms with Gasteiger partial charge >= 0.3 is 8.80 Å². The van der Waals surface area contributed by atoms with Gasteiger partial charge in [0.1, 0.15) is 5.91 Å². The monoisotopic (exact) mass is 465 g/mol. The van der Waals surface area contributed by atoms with Gasteiger partial charge in [-0.05, 0) is 58.0 Å². The first-order chi connectivity index (χ1) is 14.7. The summed E-state index contributed by atoms with van der Waals surface area (Å²) in [5, 5.41) is 3.58. The van der Waals surface area contributed by atoms with E-state index >= 15 is 0 Å². The maximum atomic E-state index is 6.16. The van der Waals surface area contributed by atoms with Gasteiger partial charge in [0, 0.05) is 39.1 Å². The Morgan fingerprint density at radius 1 is 0.667 bits per heavy atom. The van der Waals surface area contributed by atoms with E-state index in [1.807, 2.05) is 0 Å². The average molecular weight is 466 g/mol. The first-order valence-corrected chi connectivity index (χ1v) is 16.3. The second-order valence-electron chi connectivity index (χ2n) is 7.75. The van der Waals surface area contributed by atoms with Crippen LogP contribution in [0.4, 0.5) is 0 Å². The zero-order chi connectivity index (χ0) is 22.3. The molecule has 30 heavy (non-hydrogen) atoms. The van der Waals surface area contributed by atoms with Crippen molar-refractivity contribution in [3.8, 4) is 0 Å². The first kappa shape index (κ1) is 30.2. The Balaban J connectivity index is 4.12. The van der Waals surface area contributed by atoms with Crippen LogP contribution in [-0.2, 0) is 22.8 Å². The molecular weight excluding hydrogens is 414 g/mol. The van der Waals surface area contributed by atoms with E-state index in [1.165, 1.54) is 12.5 Å². The van der Waals surface area contributed by atoms with Gasteiger partial charge in [-0.3, -0.25) is 0 Å². The number of hydrogen-bond donors (Lipinski definition) is 1. The molecule has 182 valence electrons. The second-order valence-corrected chi connectivity index (χ2v) is 12.4. The van der Waals surface area contributed by atoms with E-state index in [-0.39, 0.29) is 15.4 Å². The van der Waals surface area contributed by atoms with Gasteiger partial charge in [0.05, 0.1) is 9.52 Å². The molecule has 0 amide bonds. The minimum Gasteiger partial charge on any atom is -0.373 e. The van der Waals surface area contributed by atoms with Gasteiger partial charge in [-0.1, -0.05) is 40.7 Å². The van der Waals surface area contributed by atoms with Crippen LogP contribution < -0.4 is 5.32 Å². The van der Waals surface area contributed by atoms with E-state index in [4.69, 9.17) is 22.8 Å². The van der Waals surface area contributed by atoms with Crippen LogP contribution in [0.15, 0.2) is 0 Å². The maximum absolute atomic E-state index is 6.16. The Morgan fingerprint density at radius 3 is 1.60 bits per heavy atom. The number of ether oxygens (including phenoxy) is 2. The van der Waals surface area contributed by atoms with Gasteiger partial charge in [0.2, 0.25) is 0 Å². The molecule has 0 spiro atoms. The molecule has 0 bridgehead atoms. The van der Waals surface area contributed by atoms with Crippen LogP contribution >= 0.6 is 0 Å². The molecule has 6 nitrogen and oxygen atoms in total. The molecule has 0 heterocycles. The highest BCUT2D eigenvalue weighted by atomic mass is 28.4. The Hall–Kier alpha value is 0.194. The maximum Gasteiger partial charge on any atom is 0.501 e. The van der Waals surface area contributed by atoms with Crippen LogP contribution in [0.3, 0.4) is 0 Å². The van der Waals surface area contributed by atoms with Crippen molar-refractivity contribution in [3.05, 3.63) is 0 Å². The van der Waals surface area contributed by atoms with Gasteiger partial charge in [-0.2, -0.15) is 0 Å². The number of rotatable bonds is 24. The van der Waals surface area contributed by atoms with Crippen molar-refractivity contribution >= 4 is 18.3 Å². The summed E-state index contributed by atoms with van der Waals surface area (Å²) in [5.41, 5.74) is 0. The molecule has 0 fully saturated rings. The van der Waals surface area contributed by atoms with Crippen LogP contribution in [0.5, 0.6) is 0 Å². The van der Waals surface area contributed by atoms with Crippen LogP contribution in [0.25, 0.3) is 0 Å². The highest BCUT2D eigenvalue weighted by Gasteiger charge is 2.40. The molecule has 0 saturated carbocycles. The standard InChI is InChI=1S/C22H51NO5Si2/c1-6-15-24-22(25-16-7-2)29-20-11-13-23-14-12-21-30(26-17-8-3,27-18-9-4)28-19-10-5/h22-23H,6-21,29H2,1-5H3. The molecule has 8 heteroatoms. The van der Waals surface area contributed by atoms with Gasteiger partial charge in [-0.15, -0.1) is 0 Å². The lowest BCUT2D eigenvalue weighted by Crippen LogP contribution is -2.47. The van der Waals surface area contributed by atoms with Crippen molar-refractivity contribution in [2.75, 3.05) is 46.1 Å². The Bertz CT molecular complexity index is 324. The van der Waals surface area contributed by atoms with Crippen molar-refractivity contribution in [3.63, 3.8) is 0 Å². The third-order valence-corrected chi connectivity index (χ3v) is 9.22. The lowest BCUT2D eigenvalue weighted by Gasteiger charge is -2.29. The molecular formula is C22H51NO5Si2. The van der Waals surface area contributed by atoms with Crippen molar-refractivity contribution in [2.24, 2.45) is 0 Å². The number of nitrogens with one attached hydrogen (secondary N) is 1. The summed E-state index contributed by atoms with van der Waals surface area (Å²) < 4.78 is 30.2. The van der Waals surface area contributed by atoms with E-state index in [9.17, 15) is 0 Å². The van der Waals surface area contributed by atoms with Crippen LogP contribution in [0.2, 0.25) is 12.1 Å². The summed E-state index contributed by atoms with van der Waals surface area (Å²) in [7, 11) is -2.88. The van der Waals surface area contributed by atoms with Gasteiger partial charge in [-0.25, -0.2) is 0 Å². The van der Waals surface area contributed by atoms with Crippen molar-refractivity contribution in [1.29, 1.82) is 0 Å². The molecule has 0 aliphatic rings. The van der Waals surface area contributed by atoms with Gasteiger partial charge in [0.15, 0.2) is 0 Å².